The zero-order valence-corrected chi connectivity index (χ0v) is 6.94. The molecule has 0 aromatic carbocycles. The van der Waals surface area contributed by atoms with Crippen molar-refractivity contribution in [1.29, 1.82) is 0 Å². The molecule has 0 radical (unpaired) electrons. The molecular weight excluding hydrogens is 155 g/mol. The first-order chi connectivity index (χ1) is 4.76. The van der Waals surface area contributed by atoms with Crippen LogP contribution in [0, 0.1) is 11.8 Å². The summed E-state index contributed by atoms with van der Waals surface area (Å²) in [6.07, 6.45) is -4.26. The van der Waals surface area contributed by atoms with Crippen molar-refractivity contribution in [3.05, 3.63) is 0 Å². The molecule has 2 N–H and O–H groups in total. The van der Waals surface area contributed by atoms with Crippen molar-refractivity contribution in [3.63, 3.8) is 0 Å². The maximum absolute atomic E-state index is 11.9. The lowest BCUT2D eigenvalue weighted by Crippen LogP contribution is -2.44. The Morgan fingerprint density at radius 2 is 1.45 bits per heavy atom. The second-order valence-corrected chi connectivity index (χ2v) is 3.17. The summed E-state index contributed by atoms with van der Waals surface area (Å²) in [6.45, 7) is 4.98. The first-order valence-corrected chi connectivity index (χ1v) is 3.59. The third kappa shape index (κ3) is 3.10. The topological polar surface area (TPSA) is 26.0 Å². The van der Waals surface area contributed by atoms with Crippen LogP contribution in [0.2, 0.25) is 0 Å². The molecule has 0 saturated heterocycles. The number of hydrogen-bond acceptors (Lipinski definition) is 1. The predicted molar refractivity (Wildman–Crippen MR) is 38.0 cm³/mol. The molecule has 0 bridgehead atoms. The van der Waals surface area contributed by atoms with E-state index in [1.165, 1.54) is 6.92 Å². The third-order valence-electron chi connectivity index (χ3n) is 2.00. The van der Waals surface area contributed by atoms with Gasteiger partial charge in [0.1, 0.15) is 6.04 Å². The van der Waals surface area contributed by atoms with Gasteiger partial charge in [-0.2, -0.15) is 13.2 Å². The highest BCUT2D eigenvalue weighted by Gasteiger charge is 2.40. The van der Waals surface area contributed by atoms with Crippen molar-refractivity contribution >= 4 is 0 Å². The SMILES string of the molecule is CC(C)[C@H](C)[C@H](N)C(F)(F)F. The fourth-order valence-corrected chi connectivity index (χ4v) is 0.713. The second-order valence-electron chi connectivity index (χ2n) is 3.17. The van der Waals surface area contributed by atoms with E-state index in [4.69, 9.17) is 5.73 Å². The molecule has 0 aliphatic heterocycles. The van der Waals surface area contributed by atoms with Gasteiger partial charge in [0.05, 0.1) is 0 Å². The number of rotatable bonds is 2. The van der Waals surface area contributed by atoms with Crippen LogP contribution in [0.5, 0.6) is 0 Å². The largest absolute Gasteiger partial charge is 0.403 e. The molecule has 4 heteroatoms. The normalized spacial score (nSPS) is 18.5. The Bertz CT molecular complexity index is 119. The molecule has 11 heavy (non-hydrogen) atoms. The lowest BCUT2D eigenvalue weighted by atomic mass is 9.91. The highest BCUT2D eigenvalue weighted by atomic mass is 19.4. The Balaban J connectivity index is 4.13. The summed E-state index contributed by atoms with van der Waals surface area (Å²) >= 11 is 0. The molecule has 0 unspecified atom stereocenters. The number of halogens is 3. The molecule has 0 rings (SSSR count). The van der Waals surface area contributed by atoms with Gasteiger partial charge in [-0.1, -0.05) is 20.8 Å². The van der Waals surface area contributed by atoms with E-state index in [-0.39, 0.29) is 5.92 Å². The molecule has 0 spiro atoms. The average Bonchev–Trinajstić information content (AvgIpc) is 1.82. The third-order valence-corrected chi connectivity index (χ3v) is 2.00. The minimum Gasteiger partial charge on any atom is -0.320 e. The van der Waals surface area contributed by atoms with E-state index >= 15 is 0 Å². The Morgan fingerprint density at radius 3 is 1.55 bits per heavy atom. The summed E-state index contributed by atoms with van der Waals surface area (Å²) in [4.78, 5) is 0. The lowest BCUT2D eigenvalue weighted by molar-refractivity contribution is -0.160. The quantitative estimate of drug-likeness (QED) is 0.673. The maximum Gasteiger partial charge on any atom is 0.403 e. The lowest BCUT2D eigenvalue weighted by Gasteiger charge is -2.25. The minimum atomic E-state index is -4.26. The molecule has 0 aromatic heterocycles. The van der Waals surface area contributed by atoms with Crippen molar-refractivity contribution in [3.8, 4) is 0 Å². The van der Waals surface area contributed by atoms with Gasteiger partial charge in [0.15, 0.2) is 0 Å². The Hall–Kier alpha value is -0.250. The zero-order chi connectivity index (χ0) is 9.23. The van der Waals surface area contributed by atoms with Crippen LogP contribution in [0.1, 0.15) is 20.8 Å². The van der Waals surface area contributed by atoms with Gasteiger partial charge in [-0.05, 0) is 11.8 Å². The van der Waals surface area contributed by atoms with Gasteiger partial charge in [0.2, 0.25) is 0 Å². The predicted octanol–water partition coefficient (Wildman–Crippen LogP) is 2.17. The van der Waals surface area contributed by atoms with Crippen LogP contribution in [0.25, 0.3) is 0 Å². The zero-order valence-electron chi connectivity index (χ0n) is 6.94. The van der Waals surface area contributed by atoms with Crippen molar-refractivity contribution < 1.29 is 13.2 Å². The highest BCUT2D eigenvalue weighted by Crippen LogP contribution is 2.27. The van der Waals surface area contributed by atoms with Crippen LogP contribution in [-0.4, -0.2) is 12.2 Å². The van der Waals surface area contributed by atoms with Crippen molar-refractivity contribution in [2.75, 3.05) is 0 Å². The van der Waals surface area contributed by atoms with E-state index in [0.717, 1.165) is 0 Å². The monoisotopic (exact) mass is 169 g/mol. The first kappa shape index (κ1) is 10.8. The fourth-order valence-electron chi connectivity index (χ4n) is 0.713. The van der Waals surface area contributed by atoms with E-state index < -0.39 is 18.1 Å². The van der Waals surface area contributed by atoms with E-state index in [2.05, 4.69) is 0 Å². The number of alkyl halides is 3. The van der Waals surface area contributed by atoms with Gasteiger partial charge in [-0.3, -0.25) is 0 Å². The molecule has 68 valence electrons. The summed E-state index contributed by atoms with van der Waals surface area (Å²) in [5, 5.41) is 0. The van der Waals surface area contributed by atoms with E-state index in [9.17, 15) is 13.2 Å². The first-order valence-electron chi connectivity index (χ1n) is 3.59. The van der Waals surface area contributed by atoms with Gasteiger partial charge in [-0.15, -0.1) is 0 Å². The van der Waals surface area contributed by atoms with Gasteiger partial charge < -0.3 is 5.73 Å². The second kappa shape index (κ2) is 3.43. The van der Waals surface area contributed by atoms with Gasteiger partial charge in [-0.25, -0.2) is 0 Å². The molecule has 0 fully saturated rings. The molecular formula is C7H14F3N. The summed E-state index contributed by atoms with van der Waals surface area (Å²) in [5.41, 5.74) is 4.97. The number of hydrogen-bond donors (Lipinski definition) is 1. The van der Waals surface area contributed by atoms with Crippen LogP contribution < -0.4 is 5.73 Å². The van der Waals surface area contributed by atoms with Crippen molar-refractivity contribution in [2.45, 2.75) is 33.0 Å². The molecule has 1 nitrogen and oxygen atoms in total. The minimum absolute atomic E-state index is 0.0355. The fraction of sp³-hybridized carbons (Fsp3) is 1.00. The van der Waals surface area contributed by atoms with Crippen LogP contribution in [0.3, 0.4) is 0 Å². The molecule has 0 aliphatic rings. The average molecular weight is 169 g/mol. The molecule has 0 aromatic rings. The van der Waals surface area contributed by atoms with Gasteiger partial charge in [0.25, 0.3) is 0 Å². The summed E-state index contributed by atoms with van der Waals surface area (Å²) in [5.74, 6) is -0.554. The number of nitrogens with two attached hydrogens (primary N) is 1. The molecule has 0 heterocycles. The standard InChI is InChI=1S/C7H14F3N/c1-4(2)5(3)6(11)7(8,9)10/h4-6H,11H2,1-3H3/t5-,6-/m0/s1. The van der Waals surface area contributed by atoms with Crippen molar-refractivity contribution in [1.82, 2.24) is 0 Å². The summed E-state index contributed by atoms with van der Waals surface area (Å²) < 4.78 is 35.8. The highest BCUT2D eigenvalue weighted by molar-refractivity contribution is 4.78. The molecule has 2 atom stereocenters. The van der Waals surface area contributed by atoms with Gasteiger partial charge >= 0.3 is 6.18 Å². The van der Waals surface area contributed by atoms with Crippen LogP contribution in [-0.2, 0) is 0 Å². The van der Waals surface area contributed by atoms with E-state index in [0.29, 0.717) is 0 Å². The summed E-state index contributed by atoms with van der Waals surface area (Å²) in [7, 11) is 0. The van der Waals surface area contributed by atoms with E-state index in [1.54, 1.807) is 13.8 Å². The smallest absolute Gasteiger partial charge is 0.320 e. The van der Waals surface area contributed by atoms with E-state index in [1.807, 2.05) is 0 Å². The van der Waals surface area contributed by atoms with Gasteiger partial charge in [0, 0.05) is 0 Å². The summed E-state index contributed by atoms with van der Waals surface area (Å²) in [6, 6.07) is -1.69. The molecule has 0 aliphatic carbocycles. The van der Waals surface area contributed by atoms with Crippen LogP contribution >= 0.6 is 0 Å². The Kier molecular flexibility index (Phi) is 3.35. The molecule has 0 amide bonds. The molecule has 0 saturated carbocycles. The van der Waals surface area contributed by atoms with Crippen LogP contribution in [0.15, 0.2) is 0 Å². The van der Waals surface area contributed by atoms with Crippen LogP contribution in [0.4, 0.5) is 13.2 Å². The maximum atomic E-state index is 11.9. The van der Waals surface area contributed by atoms with Crippen molar-refractivity contribution in [2.24, 2.45) is 17.6 Å². The Labute approximate surface area is 64.8 Å². The Morgan fingerprint density at radius 1 is 1.09 bits per heavy atom.